The first kappa shape index (κ1) is 15.8. The van der Waals surface area contributed by atoms with Crippen LogP contribution in [0, 0.1) is 12.8 Å². The van der Waals surface area contributed by atoms with Crippen LogP contribution in [-0.4, -0.2) is 37.2 Å². The Labute approximate surface area is 126 Å². The fourth-order valence-corrected chi connectivity index (χ4v) is 2.45. The fourth-order valence-electron chi connectivity index (χ4n) is 2.45. The van der Waals surface area contributed by atoms with Crippen LogP contribution in [0.25, 0.3) is 0 Å². The number of aromatic nitrogens is 1. The van der Waals surface area contributed by atoms with Crippen molar-refractivity contribution in [1.29, 1.82) is 0 Å². The second kappa shape index (κ2) is 7.98. The van der Waals surface area contributed by atoms with Gasteiger partial charge in [0.1, 0.15) is 5.82 Å². The van der Waals surface area contributed by atoms with Crippen molar-refractivity contribution in [3.8, 4) is 0 Å². The smallest absolute Gasteiger partial charge is 0.251 e. The maximum Gasteiger partial charge on any atom is 0.251 e. The lowest BCUT2D eigenvalue weighted by molar-refractivity contribution is 0.0536. The number of nitrogens with zero attached hydrogens (tertiary/aromatic N) is 1. The second-order valence-corrected chi connectivity index (χ2v) is 5.60. The Morgan fingerprint density at radius 1 is 1.48 bits per heavy atom. The number of ether oxygens (including phenoxy) is 1. The first-order valence-electron chi connectivity index (χ1n) is 7.77. The van der Waals surface area contributed by atoms with Crippen molar-refractivity contribution in [2.45, 2.75) is 33.1 Å². The van der Waals surface area contributed by atoms with Crippen molar-refractivity contribution in [3.63, 3.8) is 0 Å². The van der Waals surface area contributed by atoms with Crippen LogP contribution >= 0.6 is 0 Å². The molecule has 21 heavy (non-hydrogen) atoms. The molecule has 1 aromatic heterocycles. The molecule has 2 heterocycles. The number of rotatable bonds is 6. The van der Waals surface area contributed by atoms with Gasteiger partial charge in [0.05, 0.1) is 6.61 Å². The van der Waals surface area contributed by atoms with E-state index in [-0.39, 0.29) is 5.91 Å². The number of hydrogen-bond donors (Lipinski definition) is 2. The summed E-state index contributed by atoms with van der Waals surface area (Å²) in [5, 5.41) is 6.23. The first-order valence-corrected chi connectivity index (χ1v) is 7.77. The molecular weight excluding hydrogens is 266 g/mol. The predicted molar refractivity (Wildman–Crippen MR) is 83.6 cm³/mol. The number of pyridine rings is 1. The third-order valence-electron chi connectivity index (χ3n) is 3.58. The number of anilines is 1. The normalized spacial score (nSPS) is 18.3. The molecule has 2 N–H and O–H groups in total. The summed E-state index contributed by atoms with van der Waals surface area (Å²) in [6, 6.07) is 3.64. The minimum atomic E-state index is -0.0365. The van der Waals surface area contributed by atoms with E-state index < -0.39 is 0 Å². The molecule has 0 spiro atoms. The monoisotopic (exact) mass is 291 g/mol. The van der Waals surface area contributed by atoms with Gasteiger partial charge in [0.2, 0.25) is 0 Å². The van der Waals surface area contributed by atoms with Gasteiger partial charge in [0.15, 0.2) is 0 Å². The van der Waals surface area contributed by atoms with Crippen molar-refractivity contribution in [3.05, 3.63) is 23.4 Å². The Morgan fingerprint density at radius 2 is 2.33 bits per heavy atom. The topological polar surface area (TPSA) is 63.2 Å². The lowest BCUT2D eigenvalue weighted by atomic mass is 10.0. The molecule has 1 unspecified atom stereocenters. The van der Waals surface area contributed by atoms with Gasteiger partial charge in [0.25, 0.3) is 5.91 Å². The zero-order valence-electron chi connectivity index (χ0n) is 12.9. The summed E-state index contributed by atoms with van der Waals surface area (Å²) >= 11 is 0. The van der Waals surface area contributed by atoms with Crippen LogP contribution in [0.3, 0.4) is 0 Å². The van der Waals surface area contributed by atoms with Crippen molar-refractivity contribution in [2.75, 3.05) is 31.6 Å². The second-order valence-electron chi connectivity index (χ2n) is 5.60. The molecule has 0 radical (unpaired) electrons. The van der Waals surface area contributed by atoms with Crippen molar-refractivity contribution < 1.29 is 9.53 Å². The number of carbonyl (C=O) groups excluding carboxylic acids is 1. The number of aryl methyl sites for hydroxylation is 1. The summed E-state index contributed by atoms with van der Waals surface area (Å²) < 4.78 is 5.43. The molecule has 5 nitrogen and oxygen atoms in total. The molecule has 1 atom stereocenters. The highest BCUT2D eigenvalue weighted by molar-refractivity contribution is 5.95. The van der Waals surface area contributed by atoms with Crippen LogP contribution in [0.4, 0.5) is 5.82 Å². The summed E-state index contributed by atoms with van der Waals surface area (Å²) in [7, 11) is 0. The summed E-state index contributed by atoms with van der Waals surface area (Å²) in [5.74, 6) is 1.16. The van der Waals surface area contributed by atoms with Gasteiger partial charge >= 0.3 is 0 Å². The molecule has 1 aromatic rings. The number of nitrogens with one attached hydrogen (secondary N) is 2. The third-order valence-corrected chi connectivity index (χ3v) is 3.58. The van der Waals surface area contributed by atoms with E-state index in [9.17, 15) is 4.79 Å². The molecular formula is C16H25N3O2. The maximum atomic E-state index is 12.3. The van der Waals surface area contributed by atoms with E-state index in [0.29, 0.717) is 18.0 Å². The maximum absolute atomic E-state index is 12.3. The third kappa shape index (κ3) is 5.01. The first-order chi connectivity index (χ1) is 10.2. The van der Waals surface area contributed by atoms with Gasteiger partial charge in [-0.25, -0.2) is 4.98 Å². The van der Waals surface area contributed by atoms with E-state index in [1.165, 1.54) is 0 Å². The molecule has 1 saturated heterocycles. The zero-order valence-corrected chi connectivity index (χ0v) is 12.9. The molecule has 0 saturated carbocycles. The lowest BCUT2D eigenvalue weighted by Crippen LogP contribution is -2.33. The highest BCUT2D eigenvalue weighted by atomic mass is 16.5. The van der Waals surface area contributed by atoms with Crippen LogP contribution in [0.2, 0.25) is 0 Å². The molecule has 5 heteroatoms. The summed E-state index contributed by atoms with van der Waals surface area (Å²) in [6.45, 7) is 7.14. The highest BCUT2D eigenvalue weighted by Gasteiger charge is 2.15. The molecule has 116 valence electrons. The van der Waals surface area contributed by atoms with Crippen LogP contribution in [0.1, 0.15) is 42.2 Å². The van der Waals surface area contributed by atoms with E-state index in [1.807, 2.05) is 19.1 Å². The van der Waals surface area contributed by atoms with E-state index in [0.717, 1.165) is 50.5 Å². The van der Waals surface area contributed by atoms with Crippen LogP contribution in [0.5, 0.6) is 0 Å². The van der Waals surface area contributed by atoms with Crippen molar-refractivity contribution in [1.82, 2.24) is 10.3 Å². The highest BCUT2D eigenvalue weighted by Crippen LogP contribution is 2.13. The van der Waals surface area contributed by atoms with Crippen LogP contribution in [0.15, 0.2) is 12.1 Å². The van der Waals surface area contributed by atoms with Gasteiger partial charge in [-0.15, -0.1) is 0 Å². The summed E-state index contributed by atoms with van der Waals surface area (Å²) in [6.07, 6.45) is 3.23. The predicted octanol–water partition coefficient (Wildman–Crippen LogP) is 2.37. The van der Waals surface area contributed by atoms with E-state index in [1.54, 1.807) is 0 Å². The Balaban J connectivity index is 1.92. The Bertz CT molecular complexity index is 471. The zero-order chi connectivity index (χ0) is 15.1. The number of amides is 1. The quantitative estimate of drug-likeness (QED) is 0.844. The molecule has 0 bridgehead atoms. The van der Waals surface area contributed by atoms with E-state index in [2.05, 4.69) is 22.5 Å². The number of hydrogen-bond acceptors (Lipinski definition) is 4. The Morgan fingerprint density at radius 3 is 3.05 bits per heavy atom. The molecule has 0 aromatic carbocycles. The molecule has 2 rings (SSSR count). The van der Waals surface area contributed by atoms with Gasteiger partial charge in [-0.2, -0.15) is 0 Å². The minimum Gasteiger partial charge on any atom is -0.381 e. The fraction of sp³-hybridized carbons (Fsp3) is 0.625. The van der Waals surface area contributed by atoms with E-state index in [4.69, 9.17) is 4.74 Å². The van der Waals surface area contributed by atoms with Gasteiger partial charge < -0.3 is 15.4 Å². The molecule has 1 aliphatic heterocycles. The minimum absolute atomic E-state index is 0.0365. The average Bonchev–Trinajstić information content (AvgIpc) is 2.51. The van der Waals surface area contributed by atoms with Crippen LogP contribution < -0.4 is 10.6 Å². The van der Waals surface area contributed by atoms with Crippen LogP contribution in [-0.2, 0) is 4.74 Å². The van der Waals surface area contributed by atoms with Gasteiger partial charge in [-0.1, -0.05) is 6.92 Å². The standard InChI is InChI=1S/C16H25N3O2/c1-3-6-17-15-9-14(8-12(2)19-15)16(20)18-10-13-5-4-7-21-11-13/h8-9,13H,3-7,10-11H2,1-2H3,(H,17,19)(H,18,20). The molecule has 1 fully saturated rings. The van der Waals surface area contributed by atoms with E-state index >= 15 is 0 Å². The largest absolute Gasteiger partial charge is 0.381 e. The lowest BCUT2D eigenvalue weighted by Gasteiger charge is -2.22. The average molecular weight is 291 g/mol. The summed E-state index contributed by atoms with van der Waals surface area (Å²) in [5.41, 5.74) is 1.51. The molecule has 0 aliphatic carbocycles. The Hall–Kier alpha value is -1.62. The number of carbonyl (C=O) groups is 1. The SMILES string of the molecule is CCCNc1cc(C(=O)NCC2CCCOC2)cc(C)n1. The molecule has 1 aliphatic rings. The van der Waals surface area contributed by atoms with Crippen molar-refractivity contribution >= 4 is 11.7 Å². The van der Waals surface area contributed by atoms with Crippen molar-refractivity contribution in [2.24, 2.45) is 5.92 Å². The van der Waals surface area contributed by atoms with Gasteiger partial charge in [-0.05, 0) is 44.2 Å². The van der Waals surface area contributed by atoms with Gasteiger partial charge in [0, 0.05) is 31.0 Å². The molecule has 1 amide bonds. The Kier molecular flexibility index (Phi) is 5.99. The van der Waals surface area contributed by atoms with Gasteiger partial charge in [-0.3, -0.25) is 4.79 Å². The summed E-state index contributed by atoms with van der Waals surface area (Å²) in [4.78, 5) is 16.7.